The normalized spacial score (nSPS) is 32.6. The van der Waals surface area contributed by atoms with E-state index in [1.165, 1.54) is 48.1 Å². The highest BCUT2D eigenvalue weighted by molar-refractivity contribution is 5.92. The second-order valence-electron chi connectivity index (χ2n) is 12.3. The van der Waals surface area contributed by atoms with Crippen molar-refractivity contribution in [2.24, 2.45) is 5.92 Å². The van der Waals surface area contributed by atoms with E-state index in [0.717, 1.165) is 30.3 Å². The minimum absolute atomic E-state index is 0.0279. The van der Waals surface area contributed by atoms with Gasteiger partial charge in [-0.3, -0.25) is 9.69 Å². The van der Waals surface area contributed by atoms with Crippen LogP contribution in [0.15, 0.2) is 42.5 Å². The lowest BCUT2D eigenvalue weighted by Crippen LogP contribution is -2.78. The number of rotatable bonds is 5. The average Bonchev–Trinajstić information content (AvgIpc) is 3.66. The molecular formula is C31H33F3N2O4. The van der Waals surface area contributed by atoms with Crippen molar-refractivity contribution in [3.8, 4) is 11.5 Å². The maximum atomic E-state index is 13.5. The molecule has 1 saturated heterocycles. The van der Waals surface area contributed by atoms with Crippen LogP contribution >= 0.6 is 0 Å². The molecule has 2 heterocycles. The average molecular weight is 555 g/mol. The van der Waals surface area contributed by atoms with Gasteiger partial charge in [0.05, 0.1) is 22.6 Å². The minimum Gasteiger partial charge on any atom is -0.504 e. The van der Waals surface area contributed by atoms with Gasteiger partial charge >= 0.3 is 6.18 Å². The maximum Gasteiger partial charge on any atom is 0.416 e. The highest BCUT2D eigenvalue weighted by Gasteiger charge is 2.73. The Kier molecular flexibility index (Phi) is 5.65. The number of benzene rings is 2. The number of likely N-dealkylation sites (N-methyl/N-ethyl adjacent to an activating group) is 1. The van der Waals surface area contributed by atoms with Crippen LogP contribution in [0.4, 0.5) is 13.2 Å². The summed E-state index contributed by atoms with van der Waals surface area (Å²) in [5.74, 6) is 0.670. The van der Waals surface area contributed by atoms with E-state index in [0.29, 0.717) is 37.4 Å². The number of hydrogen-bond acceptors (Lipinski definition) is 5. The summed E-state index contributed by atoms with van der Waals surface area (Å²) in [5.41, 5.74) is -0.772. The van der Waals surface area contributed by atoms with Gasteiger partial charge in [0, 0.05) is 31.3 Å². The zero-order chi connectivity index (χ0) is 28.0. The Hall–Kier alpha value is -3.04. The van der Waals surface area contributed by atoms with E-state index in [4.69, 9.17) is 4.74 Å². The smallest absolute Gasteiger partial charge is 0.416 e. The molecular weight excluding hydrogens is 521 g/mol. The summed E-state index contributed by atoms with van der Waals surface area (Å²) in [4.78, 5) is 17.4. The first-order valence-electron chi connectivity index (χ1n) is 14.1. The molecule has 1 spiro atoms. The molecule has 0 radical (unpaired) electrons. The molecule has 40 heavy (non-hydrogen) atoms. The van der Waals surface area contributed by atoms with Gasteiger partial charge in [0.2, 0.25) is 5.91 Å². The van der Waals surface area contributed by atoms with Gasteiger partial charge in [-0.05, 0) is 80.3 Å². The molecule has 2 N–H and O–H groups in total. The standard InChI is InChI=1S/C31H33F3N2O4/c1-35(25(38)11-9-19-4-2-3-5-21(19)31(32,33)34)22-12-13-30(39)24-16-20-8-10-23(37)27-26(20)29(30,28(22)40-27)14-15-36(24)17-18-6-7-18/h2-5,8-11,18,22,24,28,37,39H,6-7,12-17H2,1H3/b11-9+/t22?,24-,28?,29+,30-/m1/s1. The van der Waals surface area contributed by atoms with Crippen LogP contribution in [0.2, 0.25) is 0 Å². The lowest BCUT2D eigenvalue weighted by Gasteiger charge is -2.64. The van der Waals surface area contributed by atoms with Gasteiger partial charge in [-0.1, -0.05) is 24.3 Å². The third kappa shape index (κ3) is 3.59. The lowest BCUT2D eigenvalue weighted by atomic mass is 9.48. The van der Waals surface area contributed by atoms with Gasteiger partial charge in [0.25, 0.3) is 0 Å². The van der Waals surface area contributed by atoms with Crippen LogP contribution in [-0.4, -0.2) is 69.8 Å². The molecule has 212 valence electrons. The van der Waals surface area contributed by atoms with E-state index in [1.807, 2.05) is 6.07 Å². The van der Waals surface area contributed by atoms with E-state index in [1.54, 1.807) is 13.1 Å². The number of alkyl halides is 3. The van der Waals surface area contributed by atoms with E-state index in [2.05, 4.69) is 4.90 Å². The SMILES string of the molecule is CN(C(=O)/C=C/c1ccccc1C(F)(F)F)C1CC[C@@]2(O)[C@H]3Cc4ccc(O)c5c4[C@@]2(CCN3CC2CC2)C1O5. The molecule has 5 atom stereocenters. The summed E-state index contributed by atoms with van der Waals surface area (Å²) >= 11 is 0. The topological polar surface area (TPSA) is 73.2 Å². The molecule has 0 aromatic heterocycles. The van der Waals surface area contributed by atoms with Crippen LogP contribution in [0.25, 0.3) is 6.08 Å². The molecule has 6 nitrogen and oxygen atoms in total. The fourth-order valence-electron chi connectivity index (χ4n) is 8.19. The number of carbonyl (C=O) groups is 1. The number of amides is 1. The Labute approximate surface area is 231 Å². The molecule has 9 heteroatoms. The summed E-state index contributed by atoms with van der Waals surface area (Å²) < 4.78 is 46.9. The molecule has 2 aromatic rings. The second kappa shape index (κ2) is 8.73. The number of aliphatic hydroxyl groups is 1. The van der Waals surface area contributed by atoms with Gasteiger partial charge in [-0.25, -0.2) is 0 Å². The van der Waals surface area contributed by atoms with Crippen molar-refractivity contribution in [2.75, 3.05) is 20.1 Å². The predicted octanol–water partition coefficient (Wildman–Crippen LogP) is 4.52. The van der Waals surface area contributed by atoms with Crippen molar-refractivity contribution in [1.29, 1.82) is 0 Å². The monoisotopic (exact) mass is 554 g/mol. The van der Waals surface area contributed by atoms with E-state index in [-0.39, 0.29) is 17.4 Å². The van der Waals surface area contributed by atoms with Crippen molar-refractivity contribution >= 4 is 12.0 Å². The molecule has 2 aliphatic heterocycles. The summed E-state index contributed by atoms with van der Waals surface area (Å²) in [6.07, 6.45) is 2.01. The number of ether oxygens (including phenoxy) is 1. The summed E-state index contributed by atoms with van der Waals surface area (Å²) in [6, 6.07) is 8.25. The highest BCUT2D eigenvalue weighted by atomic mass is 19.4. The number of carbonyl (C=O) groups excluding carboxylic acids is 1. The van der Waals surface area contributed by atoms with Crippen molar-refractivity contribution in [3.63, 3.8) is 0 Å². The minimum atomic E-state index is -4.53. The number of halogens is 3. The molecule has 2 aromatic carbocycles. The van der Waals surface area contributed by atoms with Gasteiger partial charge in [-0.2, -0.15) is 13.2 Å². The van der Waals surface area contributed by atoms with E-state index >= 15 is 0 Å². The van der Waals surface area contributed by atoms with Crippen molar-refractivity contribution in [2.45, 2.75) is 73.9 Å². The molecule has 2 saturated carbocycles. The van der Waals surface area contributed by atoms with Crippen molar-refractivity contribution < 1.29 is 32.9 Å². The van der Waals surface area contributed by atoms with Gasteiger partial charge in [0.15, 0.2) is 11.5 Å². The molecule has 5 aliphatic rings. The number of likely N-dealkylation sites (tertiary alicyclic amines) is 1. The summed E-state index contributed by atoms with van der Waals surface area (Å²) in [6.45, 7) is 1.78. The molecule has 2 unspecified atom stereocenters. The number of phenolic OH excluding ortho intramolecular Hbond substituents is 1. The fourth-order valence-corrected chi connectivity index (χ4v) is 8.19. The number of aromatic hydroxyl groups is 1. The quantitative estimate of drug-likeness (QED) is 0.532. The Morgan fingerprint density at radius 1 is 1.18 bits per heavy atom. The molecule has 3 fully saturated rings. The largest absolute Gasteiger partial charge is 0.504 e. The van der Waals surface area contributed by atoms with Gasteiger partial charge in [0.1, 0.15) is 6.10 Å². The fraction of sp³-hybridized carbons (Fsp3) is 0.516. The van der Waals surface area contributed by atoms with Crippen molar-refractivity contribution in [1.82, 2.24) is 9.80 Å². The zero-order valence-electron chi connectivity index (χ0n) is 22.3. The van der Waals surface area contributed by atoms with Crippen LogP contribution in [0, 0.1) is 5.92 Å². The number of phenols is 1. The second-order valence-corrected chi connectivity index (χ2v) is 12.3. The first-order chi connectivity index (χ1) is 19.0. The van der Waals surface area contributed by atoms with E-state index < -0.39 is 40.8 Å². The van der Waals surface area contributed by atoms with E-state index in [9.17, 15) is 28.2 Å². The van der Waals surface area contributed by atoms with Crippen molar-refractivity contribution in [3.05, 3.63) is 64.7 Å². The maximum absolute atomic E-state index is 13.5. The lowest BCUT2D eigenvalue weighted by molar-refractivity contribution is -0.200. The molecule has 7 rings (SSSR count). The summed E-state index contributed by atoms with van der Waals surface area (Å²) in [7, 11) is 1.64. The number of hydrogen-bond donors (Lipinski definition) is 2. The number of piperidine rings is 1. The number of nitrogens with zero attached hydrogens (tertiary/aromatic N) is 2. The van der Waals surface area contributed by atoms with Gasteiger partial charge in [-0.15, -0.1) is 0 Å². The van der Waals surface area contributed by atoms with Crippen LogP contribution in [-0.2, 0) is 22.8 Å². The molecule has 3 aliphatic carbocycles. The highest BCUT2D eigenvalue weighted by Crippen LogP contribution is 2.66. The third-order valence-electron chi connectivity index (χ3n) is 10.2. The zero-order valence-corrected chi connectivity index (χ0v) is 22.3. The Balaban J connectivity index is 1.23. The summed E-state index contributed by atoms with van der Waals surface area (Å²) in [5, 5.41) is 23.4. The molecule has 1 amide bonds. The third-order valence-corrected chi connectivity index (χ3v) is 10.2. The predicted molar refractivity (Wildman–Crippen MR) is 142 cm³/mol. The Morgan fingerprint density at radius 3 is 2.70 bits per heavy atom. The molecule has 2 bridgehead atoms. The Morgan fingerprint density at radius 2 is 1.95 bits per heavy atom. The van der Waals surface area contributed by atoms with Crippen LogP contribution in [0.1, 0.15) is 54.4 Å². The Bertz CT molecular complexity index is 1410. The van der Waals surface area contributed by atoms with Crippen LogP contribution in [0.3, 0.4) is 0 Å². The van der Waals surface area contributed by atoms with Crippen LogP contribution in [0.5, 0.6) is 11.5 Å². The first-order valence-corrected chi connectivity index (χ1v) is 14.1. The van der Waals surface area contributed by atoms with Gasteiger partial charge < -0.3 is 19.8 Å². The van der Waals surface area contributed by atoms with Crippen LogP contribution < -0.4 is 4.74 Å². The first kappa shape index (κ1) is 25.9.